The number of nitrogens with one attached hydrogen (secondary N) is 1. The molecule has 1 unspecified atom stereocenters. The quantitative estimate of drug-likeness (QED) is 0.540. The standard InChI is InChI=1S/C16H16ClIN2O2S/c1-11-14(17)4-3-5-15(11)19-16(21)10-20(23(2)22)13-8-6-12(18)7-9-13/h3-9H,10H2,1-2H3,(H,19,21). The Hall–Kier alpha value is -0.960. The molecule has 23 heavy (non-hydrogen) atoms. The van der Waals surface area contributed by atoms with Gasteiger partial charge in [0.15, 0.2) is 0 Å². The maximum atomic E-state index is 12.3. The van der Waals surface area contributed by atoms with Gasteiger partial charge < -0.3 is 9.87 Å². The number of carbonyl (C=O) groups is 1. The van der Waals surface area contributed by atoms with E-state index in [1.165, 1.54) is 0 Å². The molecule has 2 rings (SSSR count). The molecular weight excluding hydrogens is 447 g/mol. The van der Waals surface area contributed by atoms with Crippen LogP contribution in [-0.2, 0) is 16.2 Å². The average molecular weight is 463 g/mol. The van der Waals surface area contributed by atoms with Crippen LogP contribution in [0.15, 0.2) is 42.5 Å². The monoisotopic (exact) mass is 462 g/mol. The van der Waals surface area contributed by atoms with Crippen LogP contribution >= 0.6 is 34.2 Å². The highest BCUT2D eigenvalue weighted by atomic mass is 127. The van der Waals surface area contributed by atoms with Gasteiger partial charge in [-0.15, -0.1) is 0 Å². The van der Waals surface area contributed by atoms with Crippen molar-refractivity contribution in [3.05, 3.63) is 56.6 Å². The number of benzene rings is 2. The molecule has 0 heterocycles. The van der Waals surface area contributed by atoms with Crippen molar-refractivity contribution in [2.45, 2.75) is 6.92 Å². The summed E-state index contributed by atoms with van der Waals surface area (Å²) in [5, 5.41) is 3.41. The fraction of sp³-hybridized carbons (Fsp3) is 0.188. The third-order valence-electron chi connectivity index (χ3n) is 3.25. The minimum Gasteiger partial charge on any atom is -0.593 e. The van der Waals surface area contributed by atoms with Gasteiger partial charge in [0.2, 0.25) is 5.91 Å². The van der Waals surface area contributed by atoms with E-state index in [-0.39, 0.29) is 12.5 Å². The van der Waals surface area contributed by atoms with Crippen LogP contribution in [0, 0.1) is 10.5 Å². The largest absolute Gasteiger partial charge is 0.593 e. The van der Waals surface area contributed by atoms with Gasteiger partial charge in [0, 0.05) is 14.3 Å². The van der Waals surface area contributed by atoms with Crippen LogP contribution in [0.5, 0.6) is 0 Å². The van der Waals surface area contributed by atoms with Crippen molar-refractivity contribution in [3.8, 4) is 0 Å². The van der Waals surface area contributed by atoms with Gasteiger partial charge in [0.25, 0.3) is 0 Å². The third kappa shape index (κ3) is 5.00. The van der Waals surface area contributed by atoms with Crippen LogP contribution in [0.25, 0.3) is 0 Å². The first kappa shape index (κ1) is 18.4. The fourth-order valence-electron chi connectivity index (χ4n) is 2.00. The summed E-state index contributed by atoms with van der Waals surface area (Å²) in [7, 11) is 0. The van der Waals surface area contributed by atoms with Gasteiger partial charge in [0.1, 0.15) is 12.8 Å². The molecule has 0 spiro atoms. The van der Waals surface area contributed by atoms with Gasteiger partial charge in [-0.1, -0.05) is 17.7 Å². The molecule has 2 aromatic carbocycles. The zero-order chi connectivity index (χ0) is 17.0. The second-order valence-electron chi connectivity index (χ2n) is 4.90. The second-order valence-corrected chi connectivity index (χ2v) is 7.84. The van der Waals surface area contributed by atoms with Crippen molar-refractivity contribution in [2.24, 2.45) is 0 Å². The van der Waals surface area contributed by atoms with E-state index in [0.29, 0.717) is 10.7 Å². The molecule has 0 saturated carbocycles. The summed E-state index contributed by atoms with van der Waals surface area (Å²) < 4.78 is 14.6. The van der Waals surface area contributed by atoms with E-state index >= 15 is 0 Å². The number of carbonyl (C=O) groups excluding carboxylic acids is 1. The van der Waals surface area contributed by atoms with Crippen LogP contribution < -0.4 is 9.62 Å². The van der Waals surface area contributed by atoms with E-state index < -0.39 is 11.4 Å². The molecule has 0 saturated heterocycles. The molecule has 7 heteroatoms. The highest BCUT2D eigenvalue weighted by molar-refractivity contribution is 14.1. The molecular formula is C16H16ClIN2O2S. The second kappa shape index (κ2) is 8.23. The maximum absolute atomic E-state index is 12.3. The molecule has 0 aliphatic heterocycles. The van der Waals surface area contributed by atoms with Gasteiger partial charge in [-0.2, -0.15) is 4.31 Å². The van der Waals surface area contributed by atoms with Crippen LogP contribution in [0.3, 0.4) is 0 Å². The zero-order valence-electron chi connectivity index (χ0n) is 12.7. The summed E-state index contributed by atoms with van der Waals surface area (Å²) >= 11 is 6.95. The van der Waals surface area contributed by atoms with Gasteiger partial charge in [-0.05, 0) is 71.5 Å². The van der Waals surface area contributed by atoms with Crippen molar-refractivity contribution in [1.29, 1.82) is 0 Å². The summed E-state index contributed by atoms with van der Waals surface area (Å²) in [5.74, 6) is -0.246. The molecule has 1 atom stereocenters. The van der Waals surface area contributed by atoms with Crippen molar-refractivity contribution >= 4 is 62.8 Å². The Morgan fingerprint density at radius 1 is 1.30 bits per heavy atom. The number of amides is 1. The molecule has 0 fully saturated rings. The van der Waals surface area contributed by atoms with Gasteiger partial charge in [-0.3, -0.25) is 4.79 Å². The molecule has 122 valence electrons. The zero-order valence-corrected chi connectivity index (χ0v) is 16.4. The molecule has 1 amide bonds. The number of nitrogens with zero attached hydrogens (tertiary/aromatic N) is 1. The minimum absolute atomic E-state index is 0.00431. The SMILES string of the molecule is Cc1c(Cl)cccc1NC(=O)CN(c1ccc(I)cc1)[S+](C)[O-]. The third-order valence-corrected chi connectivity index (χ3v) is 5.34. The first-order valence-electron chi connectivity index (χ1n) is 6.80. The van der Waals surface area contributed by atoms with E-state index in [1.807, 2.05) is 31.2 Å². The predicted molar refractivity (Wildman–Crippen MR) is 105 cm³/mol. The van der Waals surface area contributed by atoms with Gasteiger partial charge >= 0.3 is 0 Å². The van der Waals surface area contributed by atoms with E-state index in [2.05, 4.69) is 27.9 Å². The summed E-state index contributed by atoms with van der Waals surface area (Å²) in [6.07, 6.45) is 1.55. The Bertz CT molecular complexity index is 695. The van der Waals surface area contributed by atoms with Crippen LogP contribution in [0.1, 0.15) is 5.56 Å². The van der Waals surface area contributed by atoms with E-state index in [0.717, 1.165) is 14.8 Å². The molecule has 0 radical (unpaired) electrons. The Balaban J connectivity index is 2.12. The lowest BCUT2D eigenvalue weighted by Crippen LogP contribution is -2.37. The van der Waals surface area contributed by atoms with E-state index in [1.54, 1.807) is 28.8 Å². The highest BCUT2D eigenvalue weighted by Crippen LogP contribution is 2.23. The first-order valence-corrected chi connectivity index (χ1v) is 9.77. The molecule has 0 aliphatic rings. The topological polar surface area (TPSA) is 55.4 Å². The summed E-state index contributed by atoms with van der Waals surface area (Å²) in [6.45, 7) is 1.84. The smallest absolute Gasteiger partial charge is 0.248 e. The Labute approximate surface area is 157 Å². The molecule has 0 bridgehead atoms. The molecule has 1 N–H and O–H groups in total. The lowest BCUT2D eigenvalue weighted by atomic mass is 10.2. The molecule has 0 aromatic heterocycles. The van der Waals surface area contributed by atoms with E-state index in [4.69, 9.17) is 11.6 Å². The van der Waals surface area contributed by atoms with Gasteiger partial charge in [-0.25, -0.2) is 0 Å². The summed E-state index contributed by atoms with van der Waals surface area (Å²) in [6, 6.07) is 12.9. The Morgan fingerprint density at radius 3 is 2.57 bits per heavy atom. The number of hydrogen-bond acceptors (Lipinski definition) is 3. The summed E-state index contributed by atoms with van der Waals surface area (Å²) in [4.78, 5) is 12.3. The van der Waals surface area contributed by atoms with Crippen molar-refractivity contribution in [2.75, 3.05) is 22.4 Å². The normalized spacial score (nSPS) is 11.9. The molecule has 4 nitrogen and oxygen atoms in total. The lowest BCUT2D eigenvalue weighted by molar-refractivity contribution is -0.114. The van der Waals surface area contributed by atoms with Crippen LogP contribution in [0.4, 0.5) is 11.4 Å². The number of halogens is 2. The minimum atomic E-state index is -1.31. The Kier molecular flexibility index (Phi) is 6.58. The van der Waals surface area contributed by atoms with Crippen molar-refractivity contribution < 1.29 is 9.35 Å². The van der Waals surface area contributed by atoms with Crippen molar-refractivity contribution in [1.82, 2.24) is 0 Å². The lowest BCUT2D eigenvalue weighted by Gasteiger charge is -2.23. The average Bonchev–Trinajstić information content (AvgIpc) is 2.50. The maximum Gasteiger partial charge on any atom is 0.248 e. The molecule has 2 aromatic rings. The van der Waals surface area contributed by atoms with Crippen molar-refractivity contribution in [3.63, 3.8) is 0 Å². The number of rotatable bonds is 5. The first-order chi connectivity index (χ1) is 10.9. The predicted octanol–water partition coefficient (Wildman–Crippen LogP) is 3.99. The fourth-order valence-corrected chi connectivity index (χ4v) is 3.25. The Morgan fingerprint density at radius 2 is 1.96 bits per heavy atom. The number of anilines is 2. The highest BCUT2D eigenvalue weighted by Gasteiger charge is 2.20. The molecule has 0 aliphatic carbocycles. The summed E-state index contributed by atoms with van der Waals surface area (Å²) in [5.41, 5.74) is 2.21. The van der Waals surface area contributed by atoms with Gasteiger partial charge in [0.05, 0.1) is 17.0 Å². The van der Waals surface area contributed by atoms with Crippen LogP contribution in [0.2, 0.25) is 5.02 Å². The van der Waals surface area contributed by atoms with E-state index in [9.17, 15) is 9.35 Å². The van der Waals surface area contributed by atoms with Crippen LogP contribution in [-0.4, -0.2) is 23.3 Å². The number of hydrogen-bond donors (Lipinski definition) is 1.